The van der Waals surface area contributed by atoms with E-state index in [0.29, 0.717) is 36.9 Å². The Hall–Kier alpha value is -4.08. The Kier molecular flexibility index (Phi) is 8.19. The van der Waals surface area contributed by atoms with Crippen LogP contribution in [-0.4, -0.2) is 64.9 Å². The fourth-order valence-corrected chi connectivity index (χ4v) is 5.52. The summed E-state index contributed by atoms with van der Waals surface area (Å²) in [6.45, 7) is 8.76. The number of benzene rings is 3. The second-order valence-corrected chi connectivity index (χ2v) is 10.5. The lowest BCUT2D eigenvalue weighted by Crippen LogP contribution is -2.46. The van der Waals surface area contributed by atoms with E-state index in [0.717, 1.165) is 37.0 Å². The number of aromatic hydroxyl groups is 1. The molecule has 0 radical (unpaired) electrons. The standard InChI is InChI=1S/C31H32ClFN4O4/c1-3-34(4-2)18-20-5-9-23(10-6-20)37-19-25(31(40)41)29(38)24-17-26(33)28(30(39)27(24)37)36-15-13-35(14-16-36)22-11-7-21(32)8-12-22/h5-12,17,19,39H,3-4,13-16,18H2,1-2H3,(H,40,41). The molecule has 0 spiro atoms. The minimum absolute atomic E-state index is 0.0114. The summed E-state index contributed by atoms with van der Waals surface area (Å²) in [6, 6.07) is 16.0. The average molecular weight is 579 g/mol. The monoisotopic (exact) mass is 578 g/mol. The molecular formula is C31H32ClFN4O4. The molecule has 0 aliphatic carbocycles. The van der Waals surface area contributed by atoms with E-state index in [4.69, 9.17) is 11.6 Å². The topological polar surface area (TPSA) is 89.2 Å². The first-order valence-corrected chi connectivity index (χ1v) is 14.0. The summed E-state index contributed by atoms with van der Waals surface area (Å²) in [6.07, 6.45) is 1.20. The Bertz CT molecular complexity index is 1630. The van der Waals surface area contributed by atoms with Gasteiger partial charge in [0.15, 0.2) is 11.6 Å². The highest BCUT2D eigenvalue weighted by Crippen LogP contribution is 2.39. The zero-order valence-corrected chi connectivity index (χ0v) is 23.7. The highest BCUT2D eigenvalue weighted by atomic mass is 35.5. The van der Waals surface area contributed by atoms with Crippen LogP contribution in [0.15, 0.2) is 65.6 Å². The molecule has 1 saturated heterocycles. The first-order valence-electron chi connectivity index (χ1n) is 13.6. The van der Waals surface area contributed by atoms with E-state index in [1.165, 1.54) is 10.8 Å². The normalized spacial score (nSPS) is 13.8. The summed E-state index contributed by atoms with van der Waals surface area (Å²) < 4.78 is 17.0. The third-order valence-corrected chi connectivity index (χ3v) is 7.97. The zero-order chi connectivity index (χ0) is 29.3. The molecule has 0 amide bonds. The fraction of sp³-hybridized carbons (Fsp3) is 0.290. The molecule has 8 nitrogen and oxygen atoms in total. The van der Waals surface area contributed by atoms with Gasteiger partial charge in [-0.3, -0.25) is 9.69 Å². The number of phenolic OH excluding ortho intramolecular Hbond substituents is 1. The van der Waals surface area contributed by atoms with Crippen molar-refractivity contribution >= 4 is 39.8 Å². The molecule has 1 aliphatic heterocycles. The third kappa shape index (κ3) is 5.60. The molecule has 3 aromatic carbocycles. The number of nitrogens with zero attached hydrogens (tertiary/aromatic N) is 4. The van der Waals surface area contributed by atoms with Crippen molar-refractivity contribution in [2.75, 3.05) is 49.1 Å². The Labute approximate surface area is 242 Å². The van der Waals surface area contributed by atoms with Crippen molar-refractivity contribution < 1.29 is 19.4 Å². The summed E-state index contributed by atoms with van der Waals surface area (Å²) in [5.74, 6) is -2.61. The lowest BCUT2D eigenvalue weighted by atomic mass is 10.1. The maximum atomic E-state index is 15.6. The number of rotatable bonds is 8. The van der Waals surface area contributed by atoms with E-state index in [1.807, 2.05) is 48.5 Å². The maximum Gasteiger partial charge on any atom is 0.341 e. The van der Waals surface area contributed by atoms with Crippen molar-refractivity contribution in [3.8, 4) is 11.4 Å². The number of anilines is 2. The number of carboxylic acids is 1. The molecular weight excluding hydrogens is 547 g/mol. The molecule has 1 aliphatic rings. The summed E-state index contributed by atoms with van der Waals surface area (Å²) in [4.78, 5) is 31.2. The van der Waals surface area contributed by atoms with E-state index >= 15 is 4.39 Å². The number of aromatic nitrogens is 1. The predicted molar refractivity (Wildman–Crippen MR) is 161 cm³/mol. The first-order chi connectivity index (χ1) is 19.7. The van der Waals surface area contributed by atoms with Crippen LogP contribution in [0.5, 0.6) is 5.75 Å². The van der Waals surface area contributed by atoms with Gasteiger partial charge in [0.2, 0.25) is 5.43 Å². The number of phenols is 1. The quantitative estimate of drug-likeness (QED) is 0.291. The van der Waals surface area contributed by atoms with Crippen LogP contribution in [-0.2, 0) is 6.54 Å². The van der Waals surface area contributed by atoms with Crippen molar-refractivity contribution in [1.29, 1.82) is 0 Å². The summed E-state index contributed by atoms with van der Waals surface area (Å²) in [7, 11) is 0. The number of hydrogen-bond donors (Lipinski definition) is 2. The van der Waals surface area contributed by atoms with Crippen molar-refractivity contribution in [2.45, 2.75) is 20.4 Å². The minimum Gasteiger partial charge on any atom is -0.504 e. The van der Waals surface area contributed by atoms with Crippen molar-refractivity contribution in [3.63, 3.8) is 0 Å². The highest BCUT2D eigenvalue weighted by molar-refractivity contribution is 6.30. The van der Waals surface area contributed by atoms with E-state index in [9.17, 15) is 19.8 Å². The van der Waals surface area contributed by atoms with Crippen LogP contribution in [0, 0.1) is 5.82 Å². The van der Waals surface area contributed by atoms with Crippen molar-refractivity contribution in [2.24, 2.45) is 0 Å². The van der Waals surface area contributed by atoms with Crippen LogP contribution in [0.25, 0.3) is 16.6 Å². The molecule has 5 rings (SSSR count). The number of aromatic carboxylic acids is 1. The van der Waals surface area contributed by atoms with Crippen LogP contribution in [0.2, 0.25) is 5.02 Å². The number of halogens is 2. The summed E-state index contributed by atoms with van der Waals surface area (Å²) in [5.41, 5.74) is 1.30. The molecule has 0 unspecified atom stereocenters. The van der Waals surface area contributed by atoms with E-state index < -0.39 is 28.5 Å². The van der Waals surface area contributed by atoms with E-state index in [1.54, 1.807) is 4.90 Å². The smallest absolute Gasteiger partial charge is 0.341 e. The van der Waals surface area contributed by atoms with Crippen molar-refractivity contribution in [3.05, 3.63) is 93.0 Å². The maximum absolute atomic E-state index is 15.6. The molecule has 0 atom stereocenters. The van der Waals surface area contributed by atoms with E-state index in [-0.39, 0.29) is 16.6 Å². The summed E-state index contributed by atoms with van der Waals surface area (Å²) in [5, 5.41) is 21.7. The Morgan fingerprint density at radius 1 is 0.951 bits per heavy atom. The molecule has 4 aromatic rings. The number of carbonyl (C=O) groups is 1. The predicted octanol–water partition coefficient (Wildman–Crippen LogP) is 5.36. The molecule has 0 bridgehead atoms. The molecule has 214 valence electrons. The molecule has 41 heavy (non-hydrogen) atoms. The minimum atomic E-state index is -1.42. The van der Waals surface area contributed by atoms with Crippen LogP contribution in [0.3, 0.4) is 0 Å². The molecule has 2 N–H and O–H groups in total. The van der Waals surface area contributed by atoms with Gasteiger partial charge in [0, 0.05) is 55.3 Å². The summed E-state index contributed by atoms with van der Waals surface area (Å²) >= 11 is 6.02. The molecule has 0 saturated carbocycles. The SMILES string of the molecule is CCN(CC)Cc1ccc(-n2cc(C(=O)O)c(=O)c3cc(F)c(N4CCN(c5ccc(Cl)cc5)CC4)c(O)c32)cc1. The van der Waals surface area contributed by atoms with Crippen molar-refractivity contribution in [1.82, 2.24) is 9.47 Å². The van der Waals surface area contributed by atoms with Crippen LogP contribution in [0.4, 0.5) is 15.8 Å². The lowest BCUT2D eigenvalue weighted by molar-refractivity contribution is 0.0695. The molecule has 1 aromatic heterocycles. The second-order valence-electron chi connectivity index (χ2n) is 10.1. The number of hydrogen-bond acceptors (Lipinski definition) is 6. The Morgan fingerprint density at radius 2 is 1.54 bits per heavy atom. The van der Waals surface area contributed by atoms with Gasteiger partial charge in [-0.05, 0) is 61.1 Å². The van der Waals surface area contributed by atoms with Crippen LogP contribution in [0.1, 0.15) is 29.8 Å². The van der Waals surface area contributed by atoms with Gasteiger partial charge < -0.3 is 24.6 Å². The van der Waals surface area contributed by atoms with Gasteiger partial charge in [-0.2, -0.15) is 0 Å². The van der Waals surface area contributed by atoms with Crippen LogP contribution < -0.4 is 15.2 Å². The van der Waals surface area contributed by atoms with Gasteiger partial charge in [0.25, 0.3) is 0 Å². The van der Waals surface area contributed by atoms with Gasteiger partial charge in [-0.1, -0.05) is 37.6 Å². The highest BCUT2D eigenvalue weighted by Gasteiger charge is 2.27. The van der Waals surface area contributed by atoms with Gasteiger partial charge >= 0.3 is 5.97 Å². The second kappa shape index (κ2) is 11.8. The van der Waals surface area contributed by atoms with E-state index in [2.05, 4.69) is 23.6 Å². The van der Waals surface area contributed by atoms with Gasteiger partial charge in [0.05, 0.1) is 5.39 Å². The zero-order valence-electron chi connectivity index (χ0n) is 23.0. The largest absolute Gasteiger partial charge is 0.504 e. The molecule has 2 heterocycles. The van der Waals surface area contributed by atoms with Gasteiger partial charge in [0.1, 0.15) is 16.8 Å². The van der Waals surface area contributed by atoms with Gasteiger partial charge in [-0.25, -0.2) is 9.18 Å². The van der Waals surface area contributed by atoms with Gasteiger partial charge in [-0.15, -0.1) is 0 Å². The average Bonchev–Trinajstić information content (AvgIpc) is 2.97. The Balaban J connectivity index is 1.56. The molecule has 1 fully saturated rings. The Morgan fingerprint density at radius 3 is 2.12 bits per heavy atom. The number of piperazine rings is 1. The number of pyridine rings is 1. The number of fused-ring (bicyclic) bond motifs is 1. The first kappa shape index (κ1) is 28.4. The lowest BCUT2D eigenvalue weighted by Gasteiger charge is -2.37. The number of carboxylic acid groups (broad SMARTS) is 1. The molecule has 10 heteroatoms. The van der Waals surface area contributed by atoms with Crippen LogP contribution >= 0.6 is 11.6 Å². The third-order valence-electron chi connectivity index (χ3n) is 7.72. The fourth-order valence-electron chi connectivity index (χ4n) is 5.39.